The first-order chi connectivity index (χ1) is 6.74. The van der Waals surface area contributed by atoms with E-state index in [9.17, 15) is 4.79 Å². The Hall–Kier alpha value is -0.610. The Labute approximate surface area is 85.2 Å². The van der Waals surface area contributed by atoms with E-state index < -0.39 is 0 Å². The fraction of sp³-hybridized carbons (Fsp3) is 0.900. The van der Waals surface area contributed by atoms with Crippen LogP contribution in [0, 0.1) is 0 Å². The van der Waals surface area contributed by atoms with Crippen LogP contribution in [-0.4, -0.2) is 50.3 Å². The van der Waals surface area contributed by atoms with Gasteiger partial charge < -0.3 is 9.47 Å². The summed E-state index contributed by atoms with van der Waals surface area (Å²) >= 11 is 0. The molecule has 0 amide bonds. The molecule has 0 aromatic heterocycles. The van der Waals surface area contributed by atoms with Gasteiger partial charge in [0.1, 0.15) is 0 Å². The highest BCUT2D eigenvalue weighted by Gasteiger charge is 2.20. The molecule has 1 rings (SSSR count). The van der Waals surface area contributed by atoms with Crippen molar-refractivity contribution < 1.29 is 14.3 Å². The summed E-state index contributed by atoms with van der Waals surface area (Å²) in [5, 5.41) is 0. The monoisotopic (exact) mass is 201 g/mol. The Morgan fingerprint density at radius 3 is 3.00 bits per heavy atom. The number of ether oxygens (including phenoxy) is 2. The summed E-state index contributed by atoms with van der Waals surface area (Å²) in [4.78, 5) is 13.2. The van der Waals surface area contributed by atoms with Gasteiger partial charge in [-0.25, -0.2) is 0 Å². The number of rotatable bonds is 4. The molecule has 0 aliphatic carbocycles. The van der Waals surface area contributed by atoms with Crippen molar-refractivity contribution >= 4 is 5.97 Å². The van der Waals surface area contributed by atoms with Gasteiger partial charge in [0.15, 0.2) is 0 Å². The van der Waals surface area contributed by atoms with Crippen molar-refractivity contribution in [3.8, 4) is 0 Å². The van der Waals surface area contributed by atoms with Crippen molar-refractivity contribution in [1.82, 2.24) is 4.90 Å². The largest absolute Gasteiger partial charge is 0.465 e. The van der Waals surface area contributed by atoms with Crippen molar-refractivity contribution in [3.05, 3.63) is 0 Å². The first kappa shape index (κ1) is 11.5. The molecule has 1 saturated heterocycles. The SMILES string of the molecule is CCOC(=O)CN(C)C1CCCOC1. The lowest BCUT2D eigenvalue weighted by molar-refractivity contribution is -0.145. The smallest absolute Gasteiger partial charge is 0.320 e. The van der Waals surface area contributed by atoms with Gasteiger partial charge in [0, 0.05) is 12.6 Å². The number of likely N-dealkylation sites (N-methyl/N-ethyl adjacent to an activating group) is 1. The maximum Gasteiger partial charge on any atom is 0.320 e. The highest BCUT2D eigenvalue weighted by molar-refractivity contribution is 5.71. The van der Waals surface area contributed by atoms with E-state index in [1.54, 1.807) is 0 Å². The molecule has 0 N–H and O–H groups in total. The minimum atomic E-state index is -0.152. The first-order valence-electron chi connectivity index (χ1n) is 5.17. The van der Waals surface area contributed by atoms with Gasteiger partial charge in [-0.2, -0.15) is 0 Å². The van der Waals surface area contributed by atoms with Gasteiger partial charge in [0.05, 0.1) is 19.8 Å². The second-order valence-corrected chi connectivity index (χ2v) is 3.59. The van der Waals surface area contributed by atoms with Crippen molar-refractivity contribution in [2.45, 2.75) is 25.8 Å². The van der Waals surface area contributed by atoms with Crippen LogP contribution < -0.4 is 0 Å². The van der Waals surface area contributed by atoms with Gasteiger partial charge in [-0.3, -0.25) is 9.69 Å². The Bertz CT molecular complexity index is 178. The second kappa shape index (κ2) is 5.98. The van der Waals surface area contributed by atoms with E-state index in [1.165, 1.54) is 0 Å². The van der Waals surface area contributed by atoms with Gasteiger partial charge in [-0.15, -0.1) is 0 Å². The second-order valence-electron chi connectivity index (χ2n) is 3.59. The Morgan fingerprint density at radius 2 is 2.43 bits per heavy atom. The minimum Gasteiger partial charge on any atom is -0.465 e. The molecule has 0 aromatic rings. The molecular formula is C10H19NO3. The summed E-state index contributed by atoms with van der Waals surface area (Å²) in [7, 11) is 1.94. The lowest BCUT2D eigenvalue weighted by Gasteiger charge is -2.30. The van der Waals surface area contributed by atoms with Crippen LogP contribution in [0.3, 0.4) is 0 Å². The number of nitrogens with zero attached hydrogens (tertiary/aromatic N) is 1. The number of hydrogen-bond donors (Lipinski definition) is 0. The van der Waals surface area contributed by atoms with E-state index in [1.807, 2.05) is 18.9 Å². The van der Waals surface area contributed by atoms with Crippen LogP contribution in [-0.2, 0) is 14.3 Å². The fourth-order valence-electron chi connectivity index (χ4n) is 1.61. The van der Waals surface area contributed by atoms with Crippen LogP contribution in [0.5, 0.6) is 0 Å². The van der Waals surface area contributed by atoms with Gasteiger partial charge in [-0.1, -0.05) is 0 Å². The van der Waals surface area contributed by atoms with Crippen LogP contribution in [0.25, 0.3) is 0 Å². The molecule has 1 aliphatic heterocycles. The first-order valence-corrected chi connectivity index (χ1v) is 5.17. The van der Waals surface area contributed by atoms with Crippen LogP contribution in [0.1, 0.15) is 19.8 Å². The fourth-order valence-corrected chi connectivity index (χ4v) is 1.61. The third kappa shape index (κ3) is 3.64. The molecule has 0 aromatic carbocycles. The average molecular weight is 201 g/mol. The Kier molecular flexibility index (Phi) is 4.90. The van der Waals surface area contributed by atoms with Crippen molar-refractivity contribution in [1.29, 1.82) is 0 Å². The molecule has 82 valence electrons. The average Bonchev–Trinajstić information content (AvgIpc) is 2.19. The number of carbonyl (C=O) groups excluding carboxylic acids is 1. The van der Waals surface area contributed by atoms with E-state index in [0.29, 0.717) is 19.2 Å². The predicted molar refractivity (Wildman–Crippen MR) is 53.1 cm³/mol. The van der Waals surface area contributed by atoms with Crippen LogP contribution in [0.4, 0.5) is 0 Å². The summed E-state index contributed by atoms with van der Waals surface area (Å²) in [6.45, 7) is 4.22. The molecule has 0 radical (unpaired) electrons. The quantitative estimate of drug-likeness (QED) is 0.626. The summed E-state index contributed by atoms with van der Waals surface area (Å²) < 4.78 is 10.2. The zero-order chi connectivity index (χ0) is 10.4. The molecule has 4 nitrogen and oxygen atoms in total. The molecule has 1 unspecified atom stereocenters. The Morgan fingerprint density at radius 1 is 1.64 bits per heavy atom. The van der Waals surface area contributed by atoms with Crippen LogP contribution in [0.15, 0.2) is 0 Å². The van der Waals surface area contributed by atoms with E-state index in [2.05, 4.69) is 0 Å². The van der Waals surface area contributed by atoms with E-state index in [0.717, 1.165) is 26.1 Å². The summed E-state index contributed by atoms with van der Waals surface area (Å²) in [6.07, 6.45) is 2.19. The maximum absolute atomic E-state index is 11.2. The van der Waals surface area contributed by atoms with Gasteiger partial charge in [0.2, 0.25) is 0 Å². The molecular weight excluding hydrogens is 182 g/mol. The molecule has 1 atom stereocenters. The highest BCUT2D eigenvalue weighted by atomic mass is 16.5. The maximum atomic E-state index is 11.2. The summed E-state index contributed by atoms with van der Waals surface area (Å²) in [6, 6.07) is 0.369. The zero-order valence-corrected chi connectivity index (χ0v) is 8.99. The summed E-state index contributed by atoms with van der Waals surface area (Å²) in [5.41, 5.74) is 0. The highest BCUT2D eigenvalue weighted by Crippen LogP contribution is 2.11. The lowest BCUT2D eigenvalue weighted by Crippen LogP contribution is -2.41. The van der Waals surface area contributed by atoms with Crippen molar-refractivity contribution in [2.75, 3.05) is 33.4 Å². The van der Waals surface area contributed by atoms with Crippen molar-refractivity contribution in [3.63, 3.8) is 0 Å². The van der Waals surface area contributed by atoms with E-state index in [-0.39, 0.29) is 5.97 Å². The number of carbonyl (C=O) groups is 1. The third-order valence-electron chi connectivity index (χ3n) is 2.44. The van der Waals surface area contributed by atoms with Gasteiger partial charge in [-0.05, 0) is 26.8 Å². The van der Waals surface area contributed by atoms with E-state index >= 15 is 0 Å². The van der Waals surface area contributed by atoms with Gasteiger partial charge in [0.25, 0.3) is 0 Å². The van der Waals surface area contributed by atoms with Crippen molar-refractivity contribution in [2.24, 2.45) is 0 Å². The summed E-state index contributed by atoms with van der Waals surface area (Å²) in [5.74, 6) is -0.152. The lowest BCUT2D eigenvalue weighted by atomic mass is 10.1. The molecule has 4 heteroatoms. The molecule has 1 aliphatic rings. The van der Waals surface area contributed by atoms with E-state index in [4.69, 9.17) is 9.47 Å². The standard InChI is InChI=1S/C10H19NO3/c1-3-14-10(12)7-11(2)9-5-4-6-13-8-9/h9H,3-8H2,1-2H3. The number of esters is 1. The van der Waals surface area contributed by atoms with Gasteiger partial charge >= 0.3 is 5.97 Å². The molecule has 0 saturated carbocycles. The molecule has 1 heterocycles. The Balaban J connectivity index is 2.25. The minimum absolute atomic E-state index is 0.152. The zero-order valence-electron chi connectivity index (χ0n) is 8.99. The topological polar surface area (TPSA) is 38.8 Å². The molecule has 0 bridgehead atoms. The number of hydrogen-bond acceptors (Lipinski definition) is 4. The normalized spacial score (nSPS) is 22.4. The van der Waals surface area contributed by atoms with Crippen LogP contribution >= 0.6 is 0 Å². The predicted octanol–water partition coefficient (Wildman–Crippen LogP) is 0.660. The molecule has 1 fully saturated rings. The molecule has 14 heavy (non-hydrogen) atoms. The third-order valence-corrected chi connectivity index (χ3v) is 2.44. The van der Waals surface area contributed by atoms with Crippen LogP contribution in [0.2, 0.25) is 0 Å². The molecule has 0 spiro atoms.